The molecule has 0 radical (unpaired) electrons. The largest absolute Gasteiger partial charge is 0.295 e. The second-order valence-corrected chi connectivity index (χ2v) is 7.98. The van der Waals surface area contributed by atoms with E-state index in [2.05, 4.69) is 19.1 Å². The first-order valence-electron chi connectivity index (χ1n) is 7.94. The first kappa shape index (κ1) is 18.4. The summed E-state index contributed by atoms with van der Waals surface area (Å²) in [6.45, 7) is 3.97. The van der Waals surface area contributed by atoms with Gasteiger partial charge in [0.1, 0.15) is 0 Å². The van der Waals surface area contributed by atoms with Gasteiger partial charge in [-0.3, -0.25) is 4.79 Å². The predicted octanol–water partition coefficient (Wildman–Crippen LogP) is 3.45. The molecule has 0 bridgehead atoms. The maximum Gasteiger partial charge on any atom is 0.242 e. The van der Waals surface area contributed by atoms with Gasteiger partial charge in [-0.1, -0.05) is 36.4 Å². The predicted molar refractivity (Wildman–Crippen MR) is 95.8 cm³/mol. The molecule has 4 nitrogen and oxygen atoms in total. The Balaban J connectivity index is 2.01. The molecule has 0 saturated heterocycles. The molecule has 2 rings (SSSR count). The Morgan fingerprint density at radius 2 is 1.67 bits per heavy atom. The number of hydrogen-bond donors (Lipinski definition) is 0. The fourth-order valence-corrected chi connectivity index (χ4v) is 3.75. The lowest BCUT2D eigenvalue weighted by Gasteiger charge is -2.17. The molecule has 0 aliphatic heterocycles. The Morgan fingerprint density at radius 1 is 1.04 bits per heavy atom. The highest BCUT2D eigenvalue weighted by Crippen LogP contribution is 2.17. The zero-order valence-corrected chi connectivity index (χ0v) is 15.1. The smallest absolute Gasteiger partial charge is 0.242 e. The minimum Gasteiger partial charge on any atom is -0.295 e. The second-order valence-electron chi connectivity index (χ2n) is 5.94. The summed E-state index contributed by atoms with van der Waals surface area (Å²) >= 11 is 0. The molecule has 0 unspecified atom stereocenters. The number of nitrogens with zero attached hydrogens (tertiary/aromatic N) is 1. The van der Waals surface area contributed by atoms with E-state index in [1.165, 1.54) is 34.5 Å². The SMILES string of the molecule is CC(=O)c1ccc(S(=O)(=O)N(C)CCCc2ccccc2C)cc1. The van der Waals surface area contributed by atoms with Crippen molar-refractivity contribution in [2.24, 2.45) is 0 Å². The van der Waals surface area contributed by atoms with Crippen LogP contribution in [-0.2, 0) is 16.4 Å². The monoisotopic (exact) mass is 345 g/mol. The zero-order chi connectivity index (χ0) is 17.7. The second kappa shape index (κ2) is 7.73. The van der Waals surface area contributed by atoms with E-state index in [4.69, 9.17) is 0 Å². The lowest BCUT2D eigenvalue weighted by molar-refractivity contribution is 0.101. The summed E-state index contributed by atoms with van der Waals surface area (Å²) in [5, 5.41) is 0. The summed E-state index contributed by atoms with van der Waals surface area (Å²) < 4.78 is 26.5. The number of sulfonamides is 1. The van der Waals surface area contributed by atoms with E-state index in [0.717, 1.165) is 12.8 Å². The maximum atomic E-state index is 12.6. The van der Waals surface area contributed by atoms with Crippen LogP contribution >= 0.6 is 0 Å². The van der Waals surface area contributed by atoms with E-state index in [0.29, 0.717) is 12.1 Å². The van der Waals surface area contributed by atoms with Crippen LogP contribution in [0.4, 0.5) is 0 Å². The third kappa shape index (κ3) is 4.30. The minimum absolute atomic E-state index is 0.0782. The normalized spacial score (nSPS) is 11.7. The van der Waals surface area contributed by atoms with Gasteiger partial charge in [0, 0.05) is 19.2 Å². The van der Waals surface area contributed by atoms with Gasteiger partial charge < -0.3 is 0 Å². The Kier molecular flexibility index (Phi) is 5.91. The quantitative estimate of drug-likeness (QED) is 0.722. The van der Waals surface area contributed by atoms with Crippen molar-refractivity contribution in [3.8, 4) is 0 Å². The topological polar surface area (TPSA) is 54.5 Å². The van der Waals surface area contributed by atoms with Gasteiger partial charge in [0.2, 0.25) is 10.0 Å². The summed E-state index contributed by atoms with van der Waals surface area (Å²) in [7, 11) is -1.93. The first-order chi connectivity index (χ1) is 11.3. The Morgan fingerprint density at radius 3 is 2.25 bits per heavy atom. The number of aryl methyl sites for hydroxylation is 2. The molecule has 2 aromatic rings. The first-order valence-corrected chi connectivity index (χ1v) is 9.38. The van der Waals surface area contributed by atoms with E-state index >= 15 is 0 Å². The highest BCUT2D eigenvalue weighted by Gasteiger charge is 2.20. The summed E-state index contributed by atoms with van der Waals surface area (Å²) in [4.78, 5) is 11.5. The molecule has 0 heterocycles. The van der Waals surface area contributed by atoms with Crippen molar-refractivity contribution in [2.75, 3.05) is 13.6 Å². The third-order valence-electron chi connectivity index (χ3n) is 4.15. The number of rotatable bonds is 7. The maximum absolute atomic E-state index is 12.6. The van der Waals surface area contributed by atoms with Gasteiger partial charge >= 0.3 is 0 Å². The highest BCUT2D eigenvalue weighted by molar-refractivity contribution is 7.89. The van der Waals surface area contributed by atoms with Gasteiger partial charge in [-0.25, -0.2) is 12.7 Å². The molecule has 0 atom stereocenters. The molecule has 0 fully saturated rings. The number of carbonyl (C=O) groups excluding carboxylic acids is 1. The molecule has 0 spiro atoms. The fraction of sp³-hybridized carbons (Fsp3) is 0.316. The van der Waals surface area contributed by atoms with Crippen LogP contribution in [0.25, 0.3) is 0 Å². The zero-order valence-electron chi connectivity index (χ0n) is 14.3. The van der Waals surface area contributed by atoms with Crippen molar-refractivity contribution in [3.63, 3.8) is 0 Å². The number of Topliss-reactive ketones (excluding diaryl/α,β-unsaturated/α-hetero) is 1. The minimum atomic E-state index is -3.52. The van der Waals surface area contributed by atoms with Crippen LogP contribution in [-0.4, -0.2) is 32.1 Å². The molecule has 0 aliphatic carbocycles. The molecule has 2 aromatic carbocycles. The lowest BCUT2D eigenvalue weighted by atomic mass is 10.0. The third-order valence-corrected chi connectivity index (χ3v) is 6.02. The number of ketones is 1. The molecule has 0 aliphatic rings. The van der Waals surface area contributed by atoms with E-state index in [1.807, 2.05) is 12.1 Å². The van der Waals surface area contributed by atoms with Crippen molar-refractivity contribution < 1.29 is 13.2 Å². The van der Waals surface area contributed by atoms with E-state index in [1.54, 1.807) is 19.2 Å². The van der Waals surface area contributed by atoms with Crippen molar-refractivity contribution in [2.45, 2.75) is 31.6 Å². The highest BCUT2D eigenvalue weighted by atomic mass is 32.2. The average Bonchev–Trinajstić information content (AvgIpc) is 2.56. The van der Waals surface area contributed by atoms with Gasteiger partial charge in [-0.15, -0.1) is 0 Å². The van der Waals surface area contributed by atoms with Gasteiger partial charge in [0.05, 0.1) is 4.90 Å². The molecule has 0 amide bonds. The molecule has 0 N–H and O–H groups in total. The molecular formula is C19H23NO3S. The Labute approximate surface area is 144 Å². The van der Waals surface area contributed by atoms with Crippen LogP contribution in [0.1, 0.15) is 34.8 Å². The number of benzene rings is 2. The molecule has 0 aromatic heterocycles. The summed E-state index contributed by atoms with van der Waals surface area (Å²) in [6.07, 6.45) is 1.60. The Hall–Kier alpha value is -1.98. The standard InChI is InChI=1S/C19H23NO3S/c1-15-7-4-5-8-17(15)9-6-14-20(3)24(22,23)19-12-10-18(11-13-19)16(2)21/h4-5,7-8,10-13H,6,9,14H2,1-3H3. The number of carbonyl (C=O) groups is 1. The average molecular weight is 345 g/mol. The van der Waals surface area contributed by atoms with Crippen LogP contribution in [0, 0.1) is 6.92 Å². The van der Waals surface area contributed by atoms with Gasteiger partial charge in [0.15, 0.2) is 5.78 Å². The summed E-state index contributed by atoms with van der Waals surface area (Å²) in [5.41, 5.74) is 2.98. The van der Waals surface area contributed by atoms with E-state index < -0.39 is 10.0 Å². The van der Waals surface area contributed by atoms with Gasteiger partial charge in [-0.05, 0) is 49.9 Å². The van der Waals surface area contributed by atoms with Crippen LogP contribution in [0.5, 0.6) is 0 Å². The lowest BCUT2D eigenvalue weighted by Crippen LogP contribution is -2.28. The van der Waals surface area contributed by atoms with E-state index in [9.17, 15) is 13.2 Å². The van der Waals surface area contributed by atoms with Gasteiger partial charge in [0.25, 0.3) is 0 Å². The summed E-state index contributed by atoms with van der Waals surface area (Å²) in [6, 6.07) is 14.2. The molecule has 5 heteroatoms. The van der Waals surface area contributed by atoms with Crippen molar-refractivity contribution in [1.29, 1.82) is 0 Å². The summed E-state index contributed by atoms with van der Waals surface area (Å²) in [5.74, 6) is -0.0782. The fourth-order valence-electron chi connectivity index (χ4n) is 2.54. The van der Waals surface area contributed by atoms with Crippen molar-refractivity contribution in [1.82, 2.24) is 4.31 Å². The number of hydrogen-bond acceptors (Lipinski definition) is 3. The molecular weight excluding hydrogens is 322 g/mol. The van der Waals surface area contributed by atoms with E-state index in [-0.39, 0.29) is 10.7 Å². The van der Waals surface area contributed by atoms with Crippen molar-refractivity contribution >= 4 is 15.8 Å². The van der Waals surface area contributed by atoms with Crippen LogP contribution in [0.3, 0.4) is 0 Å². The molecule has 24 heavy (non-hydrogen) atoms. The Bertz CT molecular complexity index is 811. The van der Waals surface area contributed by atoms with Crippen LogP contribution < -0.4 is 0 Å². The molecule has 128 valence electrons. The van der Waals surface area contributed by atoms with Crippen molar-refractivity contribution in [3.05, 3.63) is 65.2 Å². The van der Waals surface area contributed by atoms with Gasteiger partial charge in [-0.2, -0.15) is 0 Å². The van der Waals surface area contributed by atoms with Crippen LogP contribution in [0.15, 0.2) is 53.4 Å². The van der Waals surface area contributed by atoms with Crippen LogP contribution in [0.2, 0.25) is 0 Å². The molecule has 0 saturated carbocycles.